The van der Waals surface area contributed by atoms with Gasteiger partial charge in [-0.15, -0.1) is 0 Å². The molecule has 0 saturated carbocycles. The summed E-state index contributed by atoms with van der Waals surface area (Å²) in [6, 6.07) is 12.4. The molecule has 0 aliphatic carbocycles. The number of fused-ring (bicyclic) bond motifs is 1. The van der Waals surface area contributed by atoms with Crippen molar-refractivity contribution in [2.45, 2.75) is 0 Å². The monoisotopic (exact) mass is 372 g/mol. The van der Waals surface area contributed by atoms with Crippen molar-refractivity contribution in [3.63, 3.8) is 0 Å². The third-order valence-corrected chi connectivity index (χ3v) is 4.17. The van der Waals surface area contributed by atoms with Crippen LogP contribution in [0.4, 0.5) is 11.4 Å². The van der Waals surface area contributed by atoms with Gasteiger partial charge in [0.1, 0.15) is 11.5 Å². The van der Waals surface area contributed by atoms with Crippen LogP contribution in [0, 0.1) is 0 Å². The molecule has 0 aliphatic heterocycles. The highest BCUT2D eigenvalue weighted by molar-refractivity contribution is 6.35. The van der Waals surface area contributed by atoms with Crippen molar-refractivity contribution in [1.82, 2.24) is 4.98 Å². The summed E-state index contributed by atoms with van der Waals surface area (Å²) in [5.74, 6) is 0.739. The lowest BCUT2D eigenvalue weighted by molar-refractivity contribution is 0.0594. The van der Waals surface area contributed by atoms with E-state index in [1.54, 1.807) is 44.6 Å². The fourth-order valence-corrected chi connectivity index (χ4v) is 2.80. The van der Waals surface area contributed by atoms with Gasteiger partial charge in [0, 0.05) is 11.5 Å². The predicted octanol–water partition coefficient (Wildman–Crippen LogP) is 4.44. The average Bonchev–Trinajstić information content (AvgIpc) is 2.67. The van der Waals surface area contributed by atoms with Crippen LogP contribution in [0.3, 0.4) is 0 Å². The maximum atomic E-state index is 12.0. The highest BCUT2D eigenvalue weighted by atomic mass is 35.5. The molecule has 0 unspecified atom stereocenters. The number of para-hydroxylation sites is 1. The van der Waals surface area contributed by atoms with Crippen LogP contribution in [0.15, 0.2) is 42.5 Å². The molecule has 0 saturated heterocycles. The molecule has 1 aromatic heterocycles. The molecule has 0 bridgehead atoms. The Balaban J connectivity index is 2.18. The Morgan fingerprint density at radius 3 is 2.54 bits per heavy atom. The van der Waals surface area contributed by atoms with E-state index in [2.05, 4.69) is 10.3 Å². The fraction of sp³-hybridized carbons (Fsp3) is 0.158. The van der Waals surface area contributed by atoms with Gasteiger partial charge in [-0.3, -0.25) is 0 Å². The number of aromatic nitrogens is 1. The number of halogens is 1. The molecule has 2 aromatic carbocycles. The Labute approximate surface area is 155 Å². The van der Waals surface area contributed by atoms with E-state index in [9.17, 15) is 4.79 Å². The van der Waals surface area contributed by atoms with Gasteiger partial charge >= 0.3 is 5.97 Å². The van der Waals surface area contributed by atoms with Crippen LogP contribution >= 0.6 is 11.6 Å². The number of pyridine rings is 1. The Hall–Kier alpha value is -2.99. The Kier molecular flexibility index (Phi) is 5.14. The molecule has 0 spiro atoms. The van der Waals surface area contributed by atoms with Gasteiger partial charge in [0.2, 0.25) is 0 Å². The van der Waals surface area contributed by atoms with Gasteiger partial charge in [-0.1, -0.05) is 23.7 Å². The number of carbonyl (C=O) groups is 1. The molecule has 1 N–H and O–H groups in total. The molecule has 3 aromatic rings. The minimum absolute atomic E-state index is 0.150. The van der Waals surface area contributed by atoms with E-state index in [-0.39, 0.29) is 5.69 Å². The van der Waals surface area contributed by atoms with Gasteiger partial charge in [-0.25, -0.2) is 9.78 Å². The third-order valence-electron chi connectivity index (χ3n) is 3.86. The number of ether oxygens (including phenoxy) is 3. The van der Waals surface area contributed by atoms with E-state index < -0.39 is 5.97 Å². The molecule has 134 valence electrons. The molecule has 26 heavy (non-hydrogen) atoms. The zero-order valence-electron chi connectivity index (χ0n) is 14.5. The number of nitrogens with zero attached hydrogens (tertiary/aromatic N) is 1. The second kappa shape index (κ2) is 7.49. The summed E-state index contributed by atoms with van der Waals surface area (Å²) >= 11 is 6.27. The maximum Gasteiger partial charge on any atom is 0.356 e. The number of carbonyl (C=O) groups excluding carboxylic acids is 1. The summed E-state index contributed by atoms with van der Waals surface area (Å²) in [5, 5.41) is 4.47. The summed E-state index contributed by atoms with van der Waals surface area (Å²) in [6.45, 7) is 0. The molecule has 0 atom stereocenters. The fourth-order valence-electron chi connectivity index (χ4n) is 2.58. The molecule has 1 heterocycles. The van der Waals surface area contributed by atoms with Crippen molar-refractivity contribution < 1.29 is 19.0 Å². The highest BCUT2D eigenvalue weighted by Gasteiger charge is 2.15. The summed E-state index contributed by atoms with van der Waals surface area (Å²) in [5.41, 5.74) is 1.97. The largest absolute Gasteiger partial charge is 0.497 e. The normalized spacial score (nSPS) is 10.5. The number of nitrogens with one attached hydrogen (secondary N) is 1. The lowest BCUT2D eigenvalue weighted by Crippen LogP contribution is -2.06. The first-order valence-corrected chi connectivity index (χ1v) is 8.11. The Morgan fingerprint density at radius 2 is 1.85 bits per heavy atom. The van der Waals surface area contributed by atoms with Crippen molar-refractivity contribution in [2.75, 3.05) is 26.6 Å². The standard InChI is InChI=1S/C19H17ClN2O4/c1-24-11-7-8-17(25-2)15(9-11)21-14-10-16(19(23)26-3)22-18-12(14)5-4-6-13(18)20/h4-10H,1-3H3,(H,21,22). The van der Waals surface area contributed by atoms with Gasteiger partial charge < -0.3 is 19.5 Å². The molecule has 0 aliphatic rings. The number of esters is 1. The van der Waals surface area contributed by atoms with Gasteiger partial charge in [-0.05, 0) is 24.3 Å². The van der Waals surface area contributed by atoms with E-state index in [1.165, 1.54) is 7.11 Å². The molecular weight excluding hydrogens is 356 g/mol. The quantitative estimate of drug-likeness (QED) is 0.668. The van der Waals surface area contributed by atoms with Gasteiger partial charge in [0.25, 0.3) is 0 Å². The molecule has 7 heteroatoms. The second-order valence-corrected chi connectivity index (χ2v) is 5.78. The average molecular weight is 373 g/mol. The van der Waals surface area contributed by atoms with Crippen molar-refractivity contribution in [1.29, 1.82) is 0 Å². The van der Waals surface area contributed by atoms with Crippen molar-refractivity contribution in [3.05, 3.63) is 53.2 Å². The number of benzene rings is 2. The van der Waals surface area contributed by atoms with Gasteiger partial charge in [0.15, 0.2) is 5.69 Å². The molecular formula is C19H17ClN2O4. The zero-order chi connectivity index (χ0) is 18.7. The van der Waals surface area contributed by atoms with Crippen LogP contribution in [-0.2, 0) is 4.74 Å². The van der Waals surface area contributed by atoms with Crippen LogP contribution in [0.25, 0.3) is 10.9 Å². The van der Waals surface area contributed by atoms with E-state index >= 15 is 0 Å². The van der Waals surface area contributed by atoms with E-state index in [0.717, 1.165) is 5.39 Å². The van der Waals surface area contributed by atoms with Crippen LogP contribution < -0.4 is 14.8 Å². The Morgan fingerprint density at radius 1 is 1.04 bits per heavy atom. The minimum Gasteiger partial charge on any atom is -0.497 e. The first-order valence-electron chi connectivity index (χ1n) is 7.74. The second-order valence-electron chi connectivity index (χ2n) is 5.37. The van der Waals surface area contributed by atoms with Gasteiger partial charge in [-0.2, -0.15) is 0 Å². The number of anilines is 2. The van der Waals surface area contributed by atoms with Crippen LogP contribution in [0.1, 0.15) is 10.5 Å². The first kappa shape index (κ1) is 17.8. The van der Waals surface area contributed by atoms with Crippen LogP contribution in [0.2, 0.25) is 5.02 Å². The highest BCUT2D eigenvalue weighted by Crippen LogP contribution is 2.35. The van der Waals surface area contributed by atoms with Crippen LogP contribution in [-0.4, -0.2) is 32.3 Å². The van der Waals surface area contributed by atoms with Crippen molar-refractivity contribution in [2.24, 2.45) is 0 Å². The number of hydrogen-bond donors (Lipinski definition) is 1. The van der Waals surface area contributed by atoms with Crippen molar-refractivity contribution >= 4 is 39.8 Å². The summed E-state index contributed by atoms with van der Waals surface area (Å²) < 4.78 is 15.5. The molecule has 6 nitrogen and oxygen atoms in total. The van der Waals surface area contributed by atoms with E-state index in [4.69, 9.17) is 25.8 Å². The summed E-state index contributed by atoms with van der Waals surface area (Å²) in [7, 11) is 4.47. The summed E-state index contributed by atoms with van der Waals surface area (Å²) in [4.78, 5) is 16.3. The number of hydrogen-bond acceptors (Lipinski definition) is 6. The lowest BCUT2D eigenvalue weighted by atomic mass is 10.1. The molecule has 0 radical (unpaired) electrons. The number of methoxy groups -OCH3 is 3. The maximum absolute atomic E-state index is 12.0. The molecule has 0 fully saturated rings. The lowest BCUT2D eigenvalue weighted by Gasteiger charge is -2.15. The number of rotatable bonds is 5. The van der Waals surface area contributed by atoms with E-state index in [0.29, 0.717) is 33.4 Å². The predicted molar refractivity (Wildman–Crippen MR) is 101 cm³/mol. The zero-order valence-corrected chi connectivity index (χ0v) is 15.3. The Bertz CT molecular complexity index is 975. The van der Waals surface area contributed by atoms with E-state index in [1.807, 2.05) is 12.1 Å². The summed E-state index contributed by atoms with van der Waals surface area (Å²) in [6.07, 6.45) is 0. The van der Waals surface area contributed by atoms with Gasteiger partial charge in [0.05, 0.1) is 43.2 Å². The minimum atomic E-state index is -0.549. The molecule has 3 rings (SSSR count). The first-order chi connectivity index (χ1) is 12.6. The topological polar surface area (TPSA) is 69.7 Å². The smallest absolute Gasteiger partial charge is 0.356 e. The molecule has 0 amide bonds. The van der Waals surface area contributed by atoms with Crippen molar-refractivity contribution in [3.8, 4) is 11.5 Å². The SMILES string of the molecule is COC(=O)c1cc(Nc2cc(OC)ccc2OC)c2cccc(Cl)c2n1. The van der Waals surface area contributed by atoms with Crippen LogP contribution in [0.5, 0.6) is 11.5 Å². The third kappa shape index (κ3) is 3.36.